The Labute approximate surface area is 116 Å². The van der Waals surface area contributed by atoms with Crippen molar-refractivity contribution in [3.8, 4) is 0 Å². The summed E-state index contributed by atoms with van der Waals surface area (Å²) in [5.74, 6) is 1.26. The lowest BCUT2D eigenvalue weighted by Crippen LogP contribution is -2.14. The maximum Gasteiger partial charge on any atom is 0.189 e. The van der Waals surface area contributed by atoms with E-state index in [1.54, 1.807) is 12.7 Å². The summed E-state index contributed by atoms with van der Waals surface area (Å²) in [4.78, 5) is 11.5. The fourth-order valence-corrected chi connectivity index (χ4v) is 2.46. The number of fused-ring (bicyclic) bond motifs is 3. The van der Waals surface area contributed by atoms with Crippen molar-refractivity contribution in [3.05, 3.63) is 18.5 Å². The Morgan fingerprint density at radius 1 is 1.25 bits per heavy atom. The Bertz CT molecular complexity index is 712. The number of nitrogens with zero attached hydrogens (tertiary/aromatic N) is 5. The second kappa shape index (κ2) is 5.16. The van der Waals surface area contributed by atoms with Crippen LogP contribution in [0, 0.1) is 0 Å². The van der Waals surface area contributed by atoms with Crippen LogP contribution in [0.15, 0.2) is 12.7 Å². The molecule has 20 heavy (non-hydrogen) atoms. The van der Waals surface area contributed by atoms with Crippen LogP contribution in [0.4, 0.5) is 0 Å². The normalized spacial score (nSPS) is 14.9. The van der Waals surface area contributed by atoms with Crippen LogP contribution in [-0.4, -0.2) is 35.6 Å². The summed E-state index contributed by atoms with van der Waals surface area (Å²) in [7, 11) is 0. The lowest BCUT2D eigenvalue weighted by molar-refractivity contribution is 0.540. The molecule has 2 unspecified atom stereocenters. The average molecular weight is 273 g/mol. The third-order valence-corrected chi connectivity index (χ3v) is 3.60. The predicted molar refractivity (Wildman–Crippen MR) is 76.3 cm³/mol. The first-order valence-corrected chi connectivity index (χ1v) is 6.95. The van der Waals surface area contributed by atoms with Crippen LogP contribution in [0.25, 0.3) is 16.8 Å². The molecule has 3 aromatic rings. The number of hydrogen-bond acceptors (Lipinski definition) is 5. The fraction of sp³-hybridized carbons (Fsp3) is 0.538. The summed E-state index contributed by atoms with van der Waals surface area (Å²) in [6.45, 7) is 4.20. The van der Waals surface area contributed by atoms with Crippen LogP contribution >= 0.6 is 0 Å². The summed E-state index contributed by atoms with van der Waals surface area (Å²) in [5, 5.41) is 8.58. The molecule has 0 aliphatic heterocycles. The molecule has 3 rings (SSSR count). The van der Waals surface area contributed by atoms with Crippen LogP contribution in [0.2, 0.25) is 0 Å². The van der Waals surface area contributed by atoms with Gasteiger partial charge in [-0.3, -0.25) is 4.40 Å². The number of rotatable bonds is 5. The van der Waals surface area contributed by atoms with Crippen molar-refractivity contribution in [2.24, 2.45) is 5.73 Å². The van der Waals surface area contributed by atoms with E-state index in [0.29, 0.717) is 11.6 Å². The topological polar surface area (TPSA) is 97.8 Å². The van der Waals surface area contributed by atoms with E-state index < -0.39 is 0 Å². The monoisotopic (exact) mass is 273 g/mol. The summed E-state index contributed by atoms with van der Waals surface area (Å²) >= 11 is 0. The maximum absolute atomic E-state index is 5.78. The zero-order valence-corrected chi connectivity index (χ0v) is 11.7. The Balaban J connectivity index is 1.88. The van der Waals surface area contributed by atoms with Crippen LogP contribution in [-0.2, 0) is 0 Å². The number of nitrogens with one attached hydrogen (secondary N) is 1. The molecule has 0 fully saturated rings. The van der Waals surface area contributed by atoms with Gasteiger partial charge in [-0.05, 0) is 19.8 Å². The average Bonchev–Trinajstić information content (AvgIpc) is 3.03. The third kappa shape index (κ3) is 2.24. The van der Waals surface area contributed by atoms with E-state index in [-0.39, 0.29) is 6.04 Å². The highest BCUT2D eigenvalue weighted by Crippen LogP contribution is 2.22. The second-order valence-electron chi connectivity index (χ2n) is 5.41. The van der Waals surface area contributed by atoms with Gasteiger partial charge in [-0.25, -0.2) is 9.97 Å². The van der Waals surface area contributed by atoms with Crippen molar-refractivity contribution in [2.75, 3.05) is 0 Å². The van der Waals surface area contributed by atoms with E-state index >= 15 is 0 Å². The number of nitrogens with two attached hydrogens (primary N) is 1. The van der Waals surface area contributed by atoms with E-state index in [9.17, 15) is 0 Å². The van der Waals surface area contributed by atoms with Gasteiger partial charge in [-0.2, -0.15) is 0 Å². The summed E-state index contributed by atoms with van der Waals surface area (Å²) in [6, 6.07) is 0.253. The minimum absolute atomic E-state index is 0.253. The maximum atomic E-state index is 5.78. The number of aromatic nitrogens is 6. The molecule has 2 atom stereocenters. The molecule has 0 saturated heterocycles. The van der Waals surface area contributed by atoms with E-state index in [0.717, 1.165) is 36.3 Å². The predicted octanol–water partition coefficient (Wildman–Crippen LogP) is 1.62. The third-order valence-electron chi connectivity index (χ3n) is 3.60. The van der Waals surface area contributed by atoms with Crippen LogP contribution in [0.5, 0.6) is 0 Å². The molecule has 0 amide bonds. The SMILES string of the molecule is CC(N)CCCC(C)c1nnc2c3[nH]cnc3ncn12. The molecule has 3 aromatic heterocycles. The van der Waals surface area contributed by atoms with Crippen LogP contribution in [0.1, 0.15) is 44.9 Å². The summed E-state index contributed by atoms with van der Waals surface area (Å²) in [5.41, 5.74) is 8.06. The van der Waals surface area contributed by atoms with Crippen LogP contribution < -0.4 is 5.73 Å². The molecule has 0 spiro atoms. The first-order chi connectivity index (χ1) is 9.66. The molecule has 106 valence electrons. The minimum atomic E-state index is 0.253. The number of H-pyrrole nitrogens is 1. The van der Waals surface area contributed by atoms with Gasteiger partial charge in [0.15, 0.2) is 11.3 Å². The Morgan fingerprint density at radius 3 is 2.90 bits per heavy atom. The lowest BCUT2D eigenvalue weighted by atomic mass is 10.0. The quantitative estimate of drug-likeness (QED) is 0.736. The van der Waals surface area contributed by atoms with Gasteiger partial charge in [-0.15, -0.1) is 10.2 Å². The molecule has 3 heterocycles. The highest BCUT2D eigenvalue weighted by molar-refractivity contribution is 5.84. The standard InChI is InChI=1S/C13H19N7/c1-8(4-3-5-9(2)14)12-18-19-13-10-11(16-6-15-10)17-7-20(12)13/h6-9H,3-5,14H2,1-2H3,(H,15,16). The molecular weight excluding hydrogens is 254 g/mol. The summed E-state index contributed by atoms with van der Waals surface area (Å²) < 4.78 is 1.94. The van der Waals surface area contributed by atoms with Crippen LogP contribution in [0.3, 0.4) is 0 Å². The zero-order chi connectivity index (χ0) is 14.1. The molecular formula is C13H19N7. The molecule has 0 radical (unpaired) electrons. The van der Waals surface area contributed by atoms with Gasteiger partial charge in [0.05, 0.1) is 6.33 Å². The molecule has 7 nitrogen and oxygen atoms in total. The van der Waals surface area contributed by atoms with Gasteiger partial charge >= 0.3 is 0 Å². The van der Waals surface area contributed by atoms with Gasteiger partial charge < -0.3 is 10.7 Å². The van der Waals surface area contributed by atoms with Crippen molar-refractivity contribution < 1.29 is 0 Å². The smallest absolute Gasteiger partial charge is 0.189 e. The largest absolute Gasteiger partial charge is 0.340 e. The van der Waals surface area contributed by atoms with Crippen molar-refractivity contribution in [1.29, 1.82) is 0 Å². The second-order valence-corrected chi connectivity index (χ2v) is 5.41. The molecule has 3 N–H and O–H groups in total. The molecule has 7 heteroatoms. The number of aromatic amines is 1. The van der Waals surface area contributed by atoms with Crippen molar-refractivity contribution in [3.63, 3.8) is 0 Å². The van der Waals surface area contributed by atoms with Gasteiger partial charge in [0.2, 0.25) is 0 Å². The molecule has 0 aromatic carbocycles. The van der Waals surface area contributed by atoms with Crippen molar-refractivity contribution in [2.45, 2.75) is 45.1 Å². The van der Waals surface area contributed by atoms with E-state index in [4.69, 9.17) is 5.73 Å². The first-order valence-electron chi connectivity index (χ1n) is 6.95. The van der Waals surface area contributed by atoms with Gasteiger partial charge in [-0.1, -0.05) is 13.3 Å². The highest BCUT2D eigenvalue weighted by Gasteiger charge is 2.16. The number of imidazole rings is 1. The first kappa shape index (κ1) is 13.0. The summed E-state index contributed by atoms with van der Waals surface area (Å²) in [6.07, 6.45) is 6.54. The lowest BCUT2D eigenvalue weighted by Gasteiger charge is -2.10. The Morgan fingerprint density at radius 2 is 2.10 bits per heavy atom. The molecule has 0 bridgehead atoms. The Hall–Kier alpha value is -2.02. The fourth-order valence-electron chi connectivity index (χ4n) is 2.46. The molecule has 0 aliphatic rings. The van der Waals surface area contributed by atoms with E-state index in [1.165, 1.54) is 0 Å². The van der Waals surface area contributed by atoms with Gasteiger partial charge in [0, 0.05) is 12.0 Å². The number of hydrogen-bond donors (Lipinski definition) is 2. The van der Waals surface area contributed by atoms with E-state index in [2.05, 4.69) is 32.1 Å². The van der Waals surface area contributed by atoms with Gasteiger partial charge in [0.25, 0.3) is 0 Å². The highest BCUT2D eigenvalue weighted by atomic mass is 15.3. The van der Waals surface area contributed by atoms with E-state index in [1.807, 2.05) is 11.3 Å². The molecule has 0 saturated carbocycles. The van der Waals surface area contributed by atoms with Crippen molar-refractivity contribution in [1.82, 2.24) is 29.5 Å². The van der Waals surface area contributed by atoms with Crippen molar-refractivity contribution >= 4 is 16.8 Å². The minimum Gasteiger partial charge on any atom is -0.340 e. The van der Waals surface area contributed by atoms with Gasteiger partial charge in [0.1, 0.15) is 17.7 Å². The zero-order valence-electron chi connectivity index (χ0n) is 11.7. The Kier molecular flexibility index (Phi) is 3.35. The molecule has 0 aliphatic carbocycles.